The van der Waals surface area contributed by atoms with Gasteiger partial charge < -0.3 is 14.6 Å². The Morgan fingerprint density at radius 1 is 1.21 bits per heavy atom. The highest BCUT2D eigenvalue weighted by atomic mass is 16.5. The summed E-state index contributed by atoms with van der Waals surface area (Å²) in [5.74, 6) is 0.763. The van der Waals surface area contributed by atoms with Gasteiger partial charge in [-0.15, -0.1) is 0 Å². The minimum atomic E-state index is -0.517. The highest BCUT2D eigenvalue weighted by Crippen LogP contribution is 2.39. The molecule has 4 nitrogen and oxygen atoms in total. The van der Waals surface area contributed by atoms with Gasteiger partial charge in [0.15, 0.2) is 0 Å². The Hall–Kier alpha value is -1.91. The fourth-order valence-electron chi connectivity index (χ4n) is 4.18. The van der Waals surface area contributed by atoms with Gasteiger partial charge in [-0.3, -0.25) is 0 Å². The molecule has 1 aliphatic rings. The quantitative estimate of drug-likeness (QED) is 0.329. The van der Waals surface area contributed by atoms with E-state index in [1.807, 2.05) is 0 Å². The lowest BCUT2D eigenvalue weighted by atomic mass is 9.74. The minimum Gasteiger partial charge on any atom is -0.462 e. The number of aryl methyl sites for hydroxylation is 1. The third-order valence-corrected chi connectivity index (χ3v) is 6.01. The fraction of sp³-hybridized carbons (Fsp3) is 0.560. The first-order valence-electron chi connectivity index (χ1n) is 10.7. The summed E-state index contributed by atoms with van der Waals surface area (Å²) < 4.78 is 10.7. The second-order valence-corrected chi connectivity index (χ2v) is 8.04. The summed E-state index contributed by atoms with van der Waals surface area (Å²) in [5.41, 5.74) is 2.93. The molecule has 0 aliphatic heterocycles. The molecule has 1 saturated carbocycles. The molecule has 29 heavy (non-hydrogen) atoms. The number of methoxy groups -OCH3 is 1. The molecule has 1 unspecified atom stereocenters. The molecular weight excluding hydrogens is 364 g/mol. The van der Waals surface area contributed by atoms with Gasteiger partial charge in [-0.2, -0.15) is 0 Å². The van der Waals surface area contributed by atoms with E-state index >= 15 is 0 Å². The zero-order chi connectivity index (χ0) is 21.1. The highest BCUT2D eigenvalue weighted by Gasteiger charge is 2.29. The smallest absolute Gasteiger partial charge is 0.335 e. The van der Waals surface area contributed by atoms with Crippen LogP contribution < -0.4 is 0 Å². The topological polar surface area (TPSA) is 55.8 Å². The van der Waals surface area contributed by atoms with Crippen molar-refractivity contribution in [3.05, 3.63) is 59.7 Å². The van der Waals surface area contributed by atoms with Crippen LogP contribution in [0.3, 0.4) is 0 Å². The lowest BCUT2D eigenvalue weighted by Crippen LogP contribution is -2.29. The summed E-state index contributed by atoms with van der Waals surface area (Å²) in [6.07, 6.45) is 11.0. The first-order chi connectivity index (χ1) is 14.1. The molecule has 0 amide bonds. The van der Waals surface area contributed by atoms with Crippen molar-refractivity contribution in [2.75, 3.05) is 26.9 Å². The predicted molar refractivity (Wildman–Crippen MR) is 117 cm³/mol. The van der Waals surface area contributed by atoms with Crippen LogP contribution in [0, 0.1) is 11.8 Å². The largest absolute Gasteiger partial charge is 0.462 e. The van der Waals surface area contributed by atoms with Crippen LogP contribution in [-0.2, 0) is 20.7 Å². The van der Waals surface area contributed by atoms with Gasteiger partial charge in [-0.25, -0.2) is 4.79 Å². The van der Waals surface area contributed by atoms with Crippen molar-refractivity contribution >= 4 is 5.97 Å². The molecule has 160 valence electrons. The lowest BCUT2D eigenvalue weighted by molar-refractivity contribution is -0.142. The average Bonchev–Trinajstić information content (AvgIpc) is 2.76. The molecule has 1 aromatic rings. The molecule has 2 rings (SSSR count). The maximum atomic E-state index is 11.8. The molecule has 0 bridgehead atoms. The van der Waals surface area contributed by atoms with E-state index in [1.165, 1.54) is 11.1 Å². The number of rotatable bonds is 11. The third-order valence-electron chi connectivity index (χ3n) is 6.01. The molecule has 0 heterocycles. The van der Waals surface area contributed by atoms with Crippen LogP contribution in [0.2, 0.25) is 0 Å². The van der Waals surface area contributed by atoms with Crippen molar-refractivity contribution in [2.24, 2.45) is 11.8 Å². The van der Waals surface area contributed by atoms with Crippen molar-refractivity contribution in [3.63, 3.8) is 0 Å². The highest BCUT2D eigenvalue weighted by molar-refractivity contribution is 5.87. The molecule has 1 aromatic carbocycles. The van der Waals surface area contributed by atoms with E-state index in [0.717, 1.165) is 38.5 Å². The minimum absolute atomic E-state index is 0.0963. The molecular formula is C25H36O4. The average molecular weight is 401 g/mol. The number of aliphatic hydroxyl groups excluding tert-OH is 1. The third kappa shape index (κ3) is 7.45. The summed E-state index contributed by atoms with van der Waals surface area (Å²) in [6.45, 7) is 6.11. The SMILES string of the molecule is C=C(CO)C(=O)OCC(COC)C1CCC(c2ccc(CC/C=C/C)cc2)CC1. The van der Waals surface area contributed by atoms with E-state index in [1.54, 1.807) is 7.11 Å². The molecule has 4 heteroatoms. The predicted octanol–water partition coefficient (Wildman–Crippen LogP) is 4.82. The van der Waals surface area contributed by atoms with Crippen molar-refractivity contribution < 1.29 is 19.4 Å². The van der Waals surface area contributed by atoms with Crippen LogP contribution in [0.15, 0.2) is 48.6 Å². The van der Waals surface area contributed by atoms with E-state index in [-0.39, 0.29) is 18.1 Å². The van der Waals surface area contributed by atoms with Crippen molar-refractivity contribution in [3.8, 4) is 0 Å². The Balaban J connectivity index is 1.85. The van der Waals surface area contributed by atoms with Crippen LogP contribution in [0.4, 0.5) is 0 Å². The number of ether oxygens (including phenoxy) is 2. The first kappa shape index (κ1) is 23.4. The van der Waals surface area contributed by atoms with E-state index in [9.17, 15) is 4.79 Å². The molecule has 0 radical (unpaired) electrons. The summed E-state index contributed by atoms with van der Waals surface area (Å²) in [6, 6.07) is 9.13. The van der Waals surface area contributed by atoms with E-state index < -0.39 is 5.97 Å². The number of hydrogen-bond donors (Lipinski definition) is 1. The summed E-state index contributed by atoms with van der Waals surface area (Å²) in [5, 5.41) is 9.00. The molecule has 0 aromatic heterocycles. The molecule has 1 fully saturated rings. The van der Waals surface area contributed by atoms with Gasteiger partial charge in [-0.05, 0) is 68.4 Å². The summed E-state index contributed by atoms with van der Waals surface area (Å²) in [7, 11) is 1.69. The van der Waals surface area contributed by atoms with Gasteiger partial charge >= 0.3 is 5.97 Å². The van der Waals surface area contributed by atoms with Crippen molar-refractivity contribution in [1.82, 2.24) is 0 Å². The van der Waals surface area contributed by atoms with E-state index in [4.69, 9.17) is 14.6 Å². The maximum Gasteiger partial charge on any atom is 0.335 e. The lowest BCUT2D eigenvalue weighted by Gasteiger charge is -2.33. The number of carbonyl (C=O) groups excluding carboxylic acids is 1. The zero-order valence-corrected chi connectivity index (χ0v) is 17.9. The van der Waals surface area contributed by atoms with Gasteiger partial charge in [0.05, 0.1) is 25.4 Å². The Morgan fingerprint density at radius 3 is 2.48 bits per heavy atom. The summed E-state index contributed by atoms with van der Waals surface area (Å²) in [4.78, 5) is 11.8. The maximum absolute atomic E-state index is 11.8. The Labute approximate surface area is 175 Å². The fourth-order valence-corrected chi connectivity index (χ4v) is 4.18. The number of benzene rings is 1. The van der Waals surface area contributed by atoms with Gasteiger partial charge in [0.2, 0.25) is 0 Å². The zero-order valence-electron chi connectivity index (χ0n) is 17.9. The van der Waals surface area contributed by atoms with Crippen LogP contribution >= 0.6 is 0 Å². The molecule has 1 atom stereocenters. The second kappa shape index (κ2) is 12.6. The number of carbonyl (C=O) groups is 1. The van der Waals surface area contributed by atoms with E-state index in [0.29, 0.717) is 25.0 Å². The number of aliphatic hydroxyl groups is 1. The molecule has 0 spiro atoms. The second-order valence-electron chi connectivity index (χ2n) is 8.04. The molecule has 1 aliphatic carbocycles. The Kier molecular flexibility index (Phi) is 10.2. The van der Waals surface area contributed by atoms with Gasteiger partial charge in [0.1, 0.15) is 0 Å². The summed E-state index contributed by atoms with van der Waals surface area (Å²) >= 11 is 0. The monoisotopic (exact) mass is 400 g/mol. The standard InChI is InChI=1S/C25H36O4/c1-4-5-6-7-20-8-10-21(11-9-20)22-12-14-23(15-13-22)24(17-28-3)18-29-25(27)19(2)16-26/h4-5,8-11,22-24,26H,2,6-7,12-18H2,1,3H3/b5-4+. The van der Waals surface area contributed by atoms with Crippen LogP contribution in [0.25, 0.3) is 0 Å². The van der Waals surface area contributed by atoms with Gasteiger partial charge in [0, 0.05) is 13.0 Å². The normalized spacial score (nSPS) is 20.5. The van der Waals surface area contributed by atoms with Gasteiger partial charge in [0.25, 0.3) is 0 Å². The molecule has 0 saturated heterocycles. The molecule has 1 N–H and O–H groups in total. The Morgan fingerprint density at radius 2 is 1.90 bits per heavy atom. The van der Waals surface area contributed by atoms with Gasteiger partial charge in [-0.1, -0.05) is 43.0 Å². The number of esters is 1. The van der Waals surface area contributed by atoms with Crippen LogP contribution in [0.5, 0.6) is 0 Å². The van der Waals surface area contributed by atoms with Crippen molar-refractivity contribution in [1.29, 1.82) is 0 Å². The first-order valence-corrected chi connectivity index (χ1v) is 10.7. The van der Waals surface area contributed by atoms with E-state index in [2.05, 4.69) is 49.9 Å². The number of allylic oxidation sites excluding steroid dienone is 2. The van der Waals surface area contributed by atoms with Crippen LogP contribution in [-0.4, -0.2) is 38.0 Å². The Bertz CT molecular complexity index is 654. The van der Waals surface area contributed by atoms with Crippen LogP contribution in [0.1, 0.15) is 56.1 Å². The van der Waals surface area contributed by atoms with Crippen molar-refractivity contribution in [2.45, 2.75) is 51.4 Å². The number of hydrogen-bond acceptors (Lipinski definition) is 4.